The number of carboxylic acid groups (broad SMARTS) is 1. The summed E-state index contributed by atoms with van der Waals surface area (Å²) in [7, 11) is 0. The minimum Gasteiger partial charge on any atom is -0.508 e. The van der Waals surface area contributed by atoms with Crippen LogP contribution in [0.3, 0.4) is 0 Å². The van der Waals surface area contributed by atoms with Crippen molar-refractivity contribution in [3.05, 3.63) is 48.0 Å². The number of rotatable bonds is 11. The number of phenols is 1. The summed E-state index contributed by atoms with van der Waals surface area (Å²) in [6.07, 6.45) is 3.86. The first-order valence-electron chi connectivity index (χ1n) is 11.4. The second-order valence-electron chi connectivity index (χ2n) is 8.59. The summed E-state index contributed by atoms with van der Waals surface area (Å²) in [4.78, 5) is 58.8. The summed E-state index contributed by atoms with van der Waals surface area (Å²) in [6, 6.07) is 2.02. The monoisotopic (exact) mass is 518 g/mol. The highest BCUT2D eigenvalue weighted by molar-refractivity contribution is 7.80. The fraction of sp³-hybridized carbons (Fsp3) is 0.435. The summed E-state index contributed by atoms with van der Waals surface area (Å²) < 4.78 is 0. The Bertz CT molecular complexity index is 1060. The van der Waals surface area contributed by atoms with E-state index in [1.54, 1.807) is 12.1 Å². The molecule has 7 N–H and O–H groups in total. The number of aromatic amines is 1. The van der Waals surface area contributed by atoms with Gasteiger partial charge in [0.2, 0.25) is 17.7 Å². The minimum absolute atomic E-state index is 0.0328. The largest absolute Gasteiger partial charge is 0.508 e. The molecule has 1 saturated heterocycles. The number of nitrogens with two attached hydrogens (primary N) is 1. The molecule has 4 unspecified atom stereocenters. The molecule has 4 atom stereocenters. The number of hydrogen-bond acceptors (Lipinski definition) is 8. The first kappa shape index (κ1) is 27.0. The van der Waals surface area contributed by atoms with Gasteiger partial charge in [-0.15, -0.1) is 0 Å². The average molecular weight is 519 g/mol. The molecule has 0 aliphatic carbocycles. The molecule has 0 bridgehead atoms. The van der Waals surface area contributed by atoms with Crippen LogP contribution < -0.4 is 16.4 Å². The van der Waals surface area contributed by atoms with E-state index in [1.807, 2.05) is 0 Å². The van der Waals surface area contributed by atoms with Gasteiger partial charge in [-0.2, -0.15) is 12.6 Å². The van der Waals surface area contributed by atoms with E-state index in [2.05, 4.69) is 33.2 Å². The Morgan fingerprint density at radius 2 is 1.89 bits per heavy atom. The number of carbonyl (C=O) groups excluding carboxylic acids is 3. The van der Waals surface area contributed by atoms with E-state index in [1.165, 1.54) is 29.6 Å². The van der Waals surface area contributed by atoms with Gasteiger partial charge in [0.15, 0.2) is 0 Å². The zero-order valence-electron chi connectivity index (χ0n) is 19.5. The van der Waals surface area contributed by atoms with Gasteiger partial charge >= 0.3 is 5.97 Å². The average Bonchev–Trinajstić information content (AvgIpc) is 3.55. The van der Waals surface area contributed by atoms with Crippen molar-refractivity contribution < 1.29 is 29.4 Å². The lowest BCUT2D eigenvalue weighted by atomic mass is 10.0. The third kappa shape index (κ3) is 6.98. The lowest BCUT2D eigenvalue weighted by Gasteiger charge is -2.28. The predicted octanol–water partition coefficient (Wildman–Crippen LogP) is -0.797. The number of likely N-dealkylation sites (tertiary alicyclic amines) is 1. The summed E-state index contributed by atoms with van der Waals surface area (Å²) >= 11 is 4.06. The Balaban J connectivity index is 1.77. The molecule has 194 valence electrons. The molecule has 2 aromatic rings. The van der Waals surface area contributed by atoms with Crippen molar-refractivity contribution in [1.29, 1.82) is 0 Å². The molecular formula is C23H30N6O6S. The summed E-state index contributed by atoms with van der Waals surface area (Å²) in [5.74, 6) is -2.72. The molecule has 3 amide bonds. The summed E-state index contributed by atoms with van der Waals surface area (Å²) in [5, 5.41) is 24.4. The number of carboxylic acids is 1. The first-order chi connectivity index (χ1) is 17.2. The molecule has 1 aliphatic rings. The minimum atomic E-state index is -1.27. The molecule has 1 aromatic carbocycles. The lowest BCUT2D eigenvalue weighted by Crippen LogP contribution is -2.57. The van der Waals surface area contributed by atoms with E-state index in [0.717, 1.165) is 0 Å². The molecule has 3 rings (SSSR count). The van der Waals surface area contributed by atoms with Gasteiger partial charge in [-0.05, 0) is 30.5 Å². The molecule has 2 heterocycles. The zero-order valence-corrected chi connectivity index (χ0v) is 20.4. The molecule has 1 aliphatic heterocycles. The second-order valence-corrected chi connectivity index (χ2v) is 8.96. The second kappa shape index (κ2) is 12.4. The van der Waals surface area contributed by atoms with Crippen LogP contribution >= 0.6 is 12.6 Å². The van der Waals surface area contributed by atoms with Crippen LogP contribution in [-0.2, 0) is 32.0 Å². The molecule has 13 heteroatoms. The molecule has 1 aromatic heterocycles. The number of hydrogen-bond donors (Lipinski definition) is 7. The van der Waals surface area contributed by atoms with Crippen LogP contribution in [0.2, 0.25) is 0 Å². The Morgan fingerprint density at radius 3 is 2.50 bits per heavy atom. The van der Waals surface area contributed by atoms with E-state index in [4.69, 9.17) is 5.73 Å². The van der Waals surface area contributed by atoms with Crippen LogP contribution in [0.25, 0.3) is 0 Å². The number of carbonyl (C=O) groups is 4. The van der Waals surface area contributed by atoms with Crippen molar-refractivity contribution in [3.8, 4) is 5.75 Å². The standard InChI is InChI=1S/C23H30N6O6S/c24-16(11-36)22(33)29-7-1-2-19(29)21(32)27-17(8-13-3-5-15(30)6-4-13)20(31)28-18(23(34)35)9-14-10-25-12-26-14/h3-6,10,12,16-19,30,36H,1-2,7-9,11,24H2,(H,25,26)(H,27,32)(H,28,31)(H,34,35). The maximum atomic E-state index is 13.2. The molecule has 1 fully saturated rings. The number of benzene rings is 1. The van der Waals surface area contributed by atoms with Gasteiger partial charge in [-0.3, -0.25) is 14.4 Å². The van der Waals surface area contributed by atoms with Gasteiger partial charge < -0.3 is 36.5 Å². The molecule has 0 saturated carbocycles. The maximum absolute atomic E-state index is 13.2. The van der Waals surface area contributed by atoms with Gasteiger partial charge in [0.1, 0.15) is 23.9 Å². The molecule has 12 nitrogen and oxygen atoms in total. The van der Waals surface area contributed by atoms with Crippen molar-refractivity contribution in [3.63, 3.8) is 0 Å². The van der Waals surface area contributed by atoms with Crippen LogP contribution in [0.1, 0.15) is 24.1 Å². The van der Waals surface area contributed by atoms with Crippen LogP contribution in [0.15, 0.2) is 36.8 Å². The van der Waals surface area contributed by atoms with Crippen molar-refractivity contribution in [2.75, 3.05) is 12.3 Å². The van der Waals surface area contributed by atoms with E-state index in [-0.39, 0.29) is 24.3 Å². The van der Waals surface area contributed by atoms with Crippen molar-refractivity contribution in [2.24, 2.45) is 5.73 Å². The van der Waals surface area contributed by atoms with E-state index < -0.39 is 47.9 Å². The Kier molecular flexibility index (Phi) is 9.31. The number of nitrogens with zero attached hydrogens (tertiary/aromatic N) is 2. The predicted molar refractivity (Wildman–Crippen MR) is 132 cm³/mol. The van der Waals surface area contributed by atoms with Crippen LogP contribution in [0, 0.1) is 0 Å². The van der Waals surface area contributed by atoms with Crippen LogP contribution in [-0.4, -0.2) is 85.2 Å². The molecule has 36 heavy (non-hydrogen) atoms. The quantitative estimate of drug-likeness (QED) is 0.188. The highest BCUT2D eigenvalue weighted by atomic mass is 32.1. The smallest absolute Gasteiger partial charge is 0.326 e. The number of H-pyrrole nitrogens is 1. The molecule has 0 spiro atoms. The van der Waals surface area contributed by atoms with Crippen molar-refractivity contribution in [1.82, 2.24) is 25.5 Å². The first-order valence-corrected chi connectivity index (χ1v) is 12.1. The number of aromatic hydroxyl groups is 1. The van der Waals surface area contributed by atoms with E-state index in [0.29, 0.717) is 30.6 Å². The number of imidazole rings is 1. The number of nitrogens with one attached hydrogen (secondary N) is 3. The summed E-state index contributed by atoms with van der Waals surface area (Å²) in [5.41, 5.74) is 6.96. The van der Waals surface area contributed by atoms with Gasteiger partial charge in [0.25, 0.3) is 0 Å². The van der Waals surface area contributed by atoms with Gasteiger partial charge in [0.05, 0.1) is 12.4 Å². The topological polar surface area (TPSA) is 191 Å². The Morgan fingerprint density at radius 1 is 1.17 bits per heavy atom. The molecular weight excluding hydrogens is 488 g/mol. The van der Waals surface area contributed by atoms with E-state index >= 15 is 0 Å². The van der Waals surface area contributed by atoms with Gasteiger partial charge in [0, 0.05) is 37.0 Å². The van der Waals surface area contributed by atoms with Gasteiger partial charge in [-0.25, -0.2) is 9.78 Å². The normalized spacial score (nSPS) is 17.7. The SMILES string of the molecule is NC(CS)C(=O)N1CCCC1C(=O)NC(Cc1ccc(O)cc1)C(=O)NC(Cc1cnc[nH]1)C(=O)O. The number of aromatic nitrogens is 2. The van der Waals surface area contributed by atoms with Crippen molar-refractivity contribution in [2.45, 2.75) is 49.9 Å². The summed E-state index contributed by atoms with van der Waals surface area (Å²) in [6.45, 7) is 0.360. The lowest BCUT2D eigenvalue weighted by molar-refractivity contribution is -0.143. The van der Waals surface area contributed by atoms with Crippen LogP contribution in [0.5, 0.6) is 5.75 Å². The third-order valence-electron chi connectivity index (χ3n) is 5.96. The maximum Gasteiger partial charge on any atom is 0.326 e. The number of aliphatic carboxylic acids is 1. The number of amides is 3. The fourth-order valence-electron chi connectivity index (χ4n) is 4.03. The highest BCUT2D eigenvalue weighted by Gasteiger charge is 2.37. The highest BCUT2D eigenvalue weighted by Crippen LogP contribution is 2.19. The van der Waals surface area contributed by atoms with Crippen molar-refractivity contribution >= 4 is 36.3 Å². The van der Waals surface area contributed by atoms with E-state index in [9.17, 15) is 29.4 Å². The fourth-order valence-corrected chi connectivity index (χ4v) is 4.18. The third-order valence-corrected chi connectivity index (χ3v) is 6.35. The molecule has 0 radical (unpaired) electrons. The van der Waals surface area contributed by atoms with Gasteiger partial charge in [-0.1, -0.05) is 12.1 Å². The zero-order chi connectivity index (χ0) is 26.2. The Labute approximate surface area is 213 Å². The Hall–Kier alpha value is -3.58. The number of thiol groups is 1. The van der Waals surface area contributed by atoms with Crippen LogP contribution in [0.4, 0.5) is 0 Å². The number of phenolic OH excluding ortho intramolecular Hbond substituents is 1.